The van der Waals surface area contributed by atoms with Crippen molar-refractivity contribution in [2.45, 2.75) is 26.8 Å². The van der Waals surface area contributed by atoms with Gasteiger partial charge in [-0.05, 0) is 5.92 Å². The first-order valence-electron chi connectivity index (χ1n) is 5.02. The zero-order valence-electron chi connectivity index (χ0n) is 9.79. The number of ether oxygens (including phenoxy) is 1. The lowest BCUT2D eigenvalue weighted by atomic mass is 10.0. The van der Waals surface area contributed by atoms with Crippen LogP contribution in [-0.2, 0) is 14.3 Å². The second-order valence-corrected chi connectivity index (χ2v) is 3.71. The molecule has 2 amide bonds. The third-order valence-corrected chi connectivity index (χ3v) is 1.91. The van der Waals surface area contributed by atoms with E-state index in [0.29, 0.717) is 13.2 Å². The Morgan fingerprint density at radius 2 is 1.93 bits per heavy atom. The van der Waals surface area contributed by atoms with Crippen molar-refractivity contribution in [3.63, 3.8) is 0 Å². The van der Waals surface area contributed by atoms with Crippen molar-refractivity contribution < 1.29 is 14.3 Å². The molecular formula is C10H20N2O3. The second-order valence-electron chi connectivity index (χ2n) is 3.71. The van der Waals surface area contributed by atoms with Gasteiger partial charge in [-0.3, -0.25) is 9.59 Å². The first-order chi connectivity index (χ1) is 6.99. The normalized spacial score (nSPS) is 12.3. The van der Waals surface area contributed by atoms with E-state index in [-0.39, 0.29) is 17.7 Å². The summed E-state index contributed by atoms with van der Waals surface area (Å²) in [6, 6.07) is -0.473. The van der Waals surface area contributed by atoms with Gasteiger partial charge in [0.05, 0.1) is 6.61 Å². The molecule has 0 fully saturated rings. The topological polar surface area (TPSA) is 67.4 Å². The van der Waals surface area contributed by atoms with Crippen LogP contribution in [0.3, 0.4) is 0 Å². The van der Waals surface area contributed by atoms with Crippen LogP contribution < -0.4 is 10.6 Å². The molecule has 1 unspecified atom stereocenters. The van der Waals surface area contributed by atoms with Gasteiger partial charge >= 0.3 is 0 Å². The molecule has 2 N–H and O–H groups in total. The molecule has 0 rings (SSSR count). The van der Waals surface area contributed by atoms with Crippen LogP contribution >= 0.6 is 0 Å². The number of carbonyl (C=O) groups excluding carboxylic acids is 2. The van der Waals surface area contributed by atoms with E-state index in [9.17, 15) is 9.59 Å². The Bertz CT molecular complexity index is 217. The molecule has 0 aromatic carbocycles. The number of hydrogen-bond acceptors (Lipinski definition) is 3. The summed E-state index contributed by atoms with van der Waals surface area (Å²) in [7, 11) is 1.57. The molecule has 88 valence electrons. The highest BCUT2D eigenvalue weighted by Gasteiger charge is 2.22. The Morgan fingerprint density at radius 3 is 2.33 bits per heavy atom. The quantitative estimate of drug-likeness (QED) is 0.610. The van der Waals surface area contributed by atoms with Crippen molar-refractivity contribution >= 4 is 11.8 Å². The van der Waals surface area contributed by atoms with Gasteiger partial charge in [0, 0.05) is 20.6 Å². The molecule has 0 aromatic heterocycles. The molecule has 0 bridgehead atoms. The predicted octanol–water partition coefficient (Wildman–Crippen LogP) is -0.0903. The van der Waals surface area contributed by atoms with Crippen molar-refractivity contribution in [3.8, 4) is 0 Å². The molecular weight excluding hydrogens is 196 g/mol. The Kier molecular flexibility index (Phi) is 6.70. The molecule has 0 radical (unpaired) electrons. The molecule has 5 nitrogen and oxygen atoms in total. The Morgan fingerprint density at radius 1 is 1.33 bits per heavy atom. The second kappa shape index (κ2) is 7.23. The van der Waals surface area contributed by atoms with Crippen LogP contribution in [0.4, 0.5) is 0 Å². The van der Waals surface area contributed by atoms with E-state index in [1.807, 2.05) is 13.8 Å². The van der Waals surface area contributed by atoms with Gasteiger partial charge in [-0.15, -0.1) is 0 Å². The predicted molar refractivity (Wildman–Crippen MR) is 57.3 cm³/mol. The van der Waals surface area contributed by atoms with E-state index >= 15 is 0 Å². The van der Waals surface area contributed by atoms with Crippen molar-refractivity contribution in [1.82, 2.24) is 10.6 Å². The van der Waals surface area contributed by atoms with Gasteiger partial charge in [-0.25, -0.2) is 0 Å². The lowest BCUT2D eigenvalue weighted by Crippen LogP contribution is -2.49. The van der Waals surface area contributed by atoms with E-state index in [4.69, 9.17) is 4.74 Å². The summed E-state index contributed by atoms with van der Waals surface area (Å²) in [4.78, 5) is 22.5. The van der Waals surface area contributed by atoms with Gasteiger partial charge in [0.25, 0.3) is 0 Å². The minimum Gasteiger partial charge on any atom is -0.383 e. The first kappa shape index (κ1) is 13.9. The van der Waals surface area contributed by atoms with E-state index in [1.54, 1.807) is 7.11 Å². The minimum absolute atomic E-state index is 0.0662. The standard InChI is InChI=1S/C10H20N2O3/c1-7(2)9(12-8(3)13)10(14)11-5-6-15-4/h7,9H,5-6H2,1-4H3,(H,11,14)(H,12,13). The monoisotopic (exact) mass is 216 g/mol. The summed E-state index contributed by atoms with van der Waals surface area (Å²) in [5, 5.41) is 5.31. The SMILES string of the molecule is COCCNC(=O)C(NC(C)=O)C(C)C. The highest BCUT2D eigenvalue weighted by atomic mass is 16.5. The van der Waals surface area contributed by atoms with Gasteiger partial charge in [0.15, 0.2) is 0 Å². The molecule has 0 spiro atoms. The summed E-state index contributed by atoms with van der Waals surface area (Å²) in [6.07, 6.45) is 0. The zero-order valence-corrected chi connectivity index (χ0v) is 9.79. The van der Waals surface area contributed by atoms with Gasteiger partial charge in [-0.1, -0.05) is 13.8 Å². The van der Waals surface area contributed by atoms with Crippen molar-refractivity contribution in [2.24, 2.45) is 5.92 Å². The zero-order chi connectivity index (χ0) is 11.8. The number of amides is 2. The van der Waals surface area contributed by atoms with Crippen LogP contribution in [0, 0.1) is 5.92 Å². The summed E-state index contributed by atoms with van der Waals surface area (Å²) >= 11 is 0. The molecule has 5 heteroatoms. The third-order valence-electron chi connectivity index (χ3n) is 1.91. The largest absolute Gasteiger partial charge is 0.383 e. The molecule has 0 saturated carbocycles. The summed E-state index contributed by atoms with van der Waals surface area (Å²) in [5.41, 5.74) is 0. The molecule has 15 heavy (non-hydrogen) atoms. The highest BCUT2D eigenvalue weighted by Crippen LogP contribution is 2.01. The number of carbonyl (C=O) groups is 2. The van der Waals surface area contributed by atoms with Crippen LogP contribution in [0.5, 0.6) is 0 Å². The van der Waals surface area contributed by atoms with E-state index < -0.39 is 6.04 Å². The lowest BCUT2D eigenvalue weighted by Gasteiger charge is -2.20. The smallest absolute Gasteiger partial charge is 0.242 e. The molecule has 0 heterocycles. The van der Waals surface area contributed by atoms with E-state index in [0.717, 1.165) is 0 Å². The summed E-state index contributed by atoms with van der Waals surface area (Å²) in [6.45, 7) is 6.10. The number of nitrogens with one attached hydrogen (secondary N) is 2. The number of methoxy groups -OCH3 is 1. The molecule has 0 aliphatic carbocycles. The van der Waals surface area contributed by atoms with Gasteiger partial charge in [-0.2, -0.15) is 0 Å². The fourth-order valence-electron chi connectivity index (χ4n) is 1.14. The first-order valence-corrected chi connectivity index (χ1v) is 5.02. The maximum atomic E-state index is 11.6. The van der Waals surface area contributed by atoms with Crippen LogP contribution in [0.1, 0.15) is 20.8 Å². The summed E-state index contributed by atoms with van der Waals surface area (Å²) < 4.78 is 4.81. The molecule has 0 aliphatic rings. The minimum atomic E-state index is -0.473. The Balaban J connectivity index is 4.11. The van der Waals surface area contributed by atoms with E-state index in [2.05, 4.69) is 10.6 Å². The average Bonchev–Trinajstić information content (AvgIpc) is 2.13. The van der Waals surface area contributed by atoms with Crippen molar-refractivity contribution in [1.29, 1.82) is 0 Å². The number of hydrogen-bond donors (Lipinski definition) is 2. The van der Waals surface area contributed by atoms with Crippen molar-refractivity contribution in [3.05, 3.63) is 0 Å². The number of rotatable bonds is 6. The van der Waals surface area contributed by atoms with Gasteiger partial charge < -0.3 is 15.4 Å². The fourth-order valence-corrected chi connectivity index (χ4v) is 1.14. The lowest BCUT2D eigenvalue weighted by molar-refractivity contribution is -0.129. The molecule has 0 saturated heterocycles. The van der Waals surface area contributed by atoms with Gasteiger partial charge in [0.2, 0.25) is 11.8 Å². The van der Waals surface area contributed by atoms with Crippen LogP contribution in [0.15, 0.2) is 0 Å². The summed E-state index contributed by atoms with van der Waals surface area (Å²) in [5.74, 6) is -0.302. The van der Waals surface area contributed by atoms with Crippen LogP contribution in [-0.4, -0.2) is 38.1 Å². The average molecular weight is 216 g/mol. The van der Waals surface area contributed by atoms with Crippen molar-refractivity contribution in [2.75, 3.05) is 20.3 Å². The van der Waals surface area contributed by atoms with Crippen LogP contribution in [0.2, 0.25) is 0 Å². The maximum absolute atomic E-state index is 11.6. The van der Waals surface area contributed by atoms with Crippen LogP contribution in [0.25, 0.3) is 0 Å². The molecule has 0 aromatic rings. The molecule has 1 atom stereocenters. The fraction of sp³-hybridized carbons (Fsp3) is 0.800. The Hall–Kier alpha value is -1.10. The highest BCUT2D eigenvalue weighted by molar-refractivity contribution is 5.86. The maximum Gasteiger partial charge on any atom is 0.242 e. The third kappa shape index (κ3) is 6.06. The van der Waals surface area contributed by atoms with Gasteiger partial charge in [0.1, 0.15) is 6.04 Å². The molecule has 0 aliphatic heterocycles. The van der Waals surface area contributed by atoms with E-state index in [1.165, 1.54) is 6.92 Å². The Labute approximate surface area is 90.6 Å².